The van der Waals surface area contributed by atoms with Crippen molar-refractivity contribution in [1.29, 1.82) is 0 Å². The molecule has 0 aliphatic heterocycles. The van der Waals surface area contributed by atoms with Gasteiger partial charge in [-0.2, -0.15) is 0 Å². The summed E-state index contributed by atoms with van der Waals surface area (Å²) in [6.45, 7) is 8.68. The predicted octanol–water partition coefficient (Wildman–Crippen LogP) is 3.94. The molecule has 1 aliphatic carbocycles. The lowest BCUT2D eigenvalue weighted by Gasteiger charge is -2.25. The molecule has 1 aromatic carbocycles. The molecule has 2 heteroatoms. The second-order valence-corrected chi connectivity index (χ2v) is 12.5. The van der Waals surface area contributed by atoms with Crippen molar-refractivity contribution in [3.05, 3.63) is 35.9 Å². The Bertz CT molecular complexity index is 351. The average Bonchev–Trinajstić information content (AvgIpc) is 3.09. The van der Waals surface area contributed by atoms with E-state index in [1.807, 2.05) is 0 Å². The zero-order chi connectivity index (χ0) is 13.0. The summed E-state index contributed by atoms with van der Waals surface area (Å²) in [5.74, 6) is 0.819. The van der Waals surface area contributed by atoms with Crippen molar-refractivity contribution in [2.24, 2.45) is 5.92 Å². The number of hydrogen-bond donors (Lipinski definition) is 1. The van der Waals surface area contributed by atoms with E-state index < -0.39 is 8.07 Å². The molecule has 1 nitrogen and oxygen atoms in total. The highest BCUT2D eigenvalue weighted by Crippen LogP contribution is 2.23. The Balaban J connectivity index is 1.90. The lowest BCUT2D eigenvalue weighted by Crippen LogP contribution is -2.32. The van der Waals surface area contributed by atoms with E-state index >= 15 is 0 Å². The van der Waals surface area contributed by atoms with Gasteiger partial charge in [-0.3, -0.25) is 0 Å². The monoisotopic (exact) mass is 261 g/mol. The van der Waals surface area contributed by atoms with Crippen LogP contribution in [0.2, 0.25) is 25.7 Å². The maximum Gasteiger partial charge on any atom is 0.0446 e. The molecule has 0 aromatic heterocycles. The van der Waals surface area contributed by atoms with Gasteiger partial charge in [-0.15, -0.1) is 0 Å². The van der Waals surface area contributed by atoms with E-state index in [0.717, 1.165) is 12.0 Å². The van der Waals surface area contributed by atoms with Crippen molar-refractivity contribution in [1.82, 2.24) is 5.32 Å². The summed E-state index contributed by atoms with van der Waals surface area (Å²) in [7, 11) is -0.966. The van der Waals surface area contributed by atoms with Crippen LogP contribution in [-0.2, 0) is 6.42 Å². The fourth-order valence-electron chi connectivity index (χ4n) is 2.65. The molecule has 0 spiro atoms. The van der Waals surface area contributed by atoms with Crippen LogP contribution in [0.25, 0.3) is 0 Å². The van der Waals surface area contributed by atoms with Crippen LogP contribution in [0.3, 0.4) is 0 Å². The average molecular weight is 261 g/mol. The van der Waals surface area contributed by atoms with E-state index in [9.17, 15) is 0 Å². The van der Waals surface area contributed by atoms with E-state index in [0.29, 0.717) is 0 Å². The van der Waals surface area contributed by atoms with Gasteiger partial charge in [0, 0.05) is 14.1 Å². The van der Waals surface area contributed by atoms with Gasteiger partial charge < -0.3 is 5.32 Å². The van der Waals surface area contributed by atoms with Crippen molar-refractivity contribution in [3.63, 3.8) is 0 Å². The summed E-state index contributed by atoms with van der Waals surface area (Å²) in [4.78, 5) is 0. The molecular formula is C16H27NSi. The smallest absolute Gasteiger partial charge is 0.0446 e. The molecule has 18 heavy (non-hydrogen) atoms. The first kappa shape index (κ1) is 13.8. The van der Waals surface area contributed by atoms with Crippen LogP contribution >= 0.6 is 0 Å². The van der Waals surface area contributed by atoms with Crippen LogP contribution < -0.4 is 5.32 Å². The molecule has 1 atom stereocenters. The van der Waals surface area contributed by atoms with Crippen molar-refractivity contribution in [2.45, 2.75) is 51.0 Å². The molecule has 0 saturated heterocycles. The van der Waals surface area contributed by atoms with Gasteiger partial charge in [0.05, 0.1) is 0 Å². The fourth-order valence-corrected chi connectivity index (χ4v) is 4.67. The Labute approximate surface area is 113 Å². The van der Waals surface area contributed by atoms with Gasteiger partial charge in [0.15, 0.2) is 0 Å². The Kier molecular flexibility index (Phi) is 4.63. The van der Waals surface area contributed by atoms with E-state index in [1.54, 1.807) is 0 Å². The maximum absolute atomic E-state index is 3.72. The van der Waals surface area contributed by atoms with Gasteiger partial charge in [0.1, 0.15) is 0 Å². The van der Waals surface area contributed by atoms with Crippen molar-refractivity contribution in [2.75, 3.05) is 6.54 Å². The lowest BCUT2D eigenvalue weighted by molar-refractivity contribution is 0.504. The molecule has 100 valence electrons. The summed E-state index contributed by atoms with van der Waals surface area (Å²) in [6, 6.07) is 13.2. The first-order valence-corrected chi connectivity index (χ1v) is 11.0. The largest absolute Gasteiger partial charge is 0.314 e. The third-order valence-corrected chi connectivity index (χ3v) is 5.34. The molecule has 1 saturated carbocycles. The molecule has 1 fully saturated rings. The fraction of sp³-hybridized carbons (Fsp3) is 0.625. The van der Waals surface area contributed by atoms with Gasteiger partial charge in [-0.25, -0.2) is 0 Å². The SMILES string of the molecule is C[Si](C)(C)CC(CNC1CC1)Cc1ccccc1. The minimum Gasteiger partial charge on any atom is -0.314 e. The standard InChI is InChI=1S/C16H27NSi/c1-18(2,3)13-15(12-17-16-9-10-16)11-14-7-5-4-6-8-14/h4-8,15-17H,9-13H2,1-3H3. The molecule has 1 unspecified atom stereocenters. The van der Waals surface area contributed by atoms with Crippen LogP contribution in [0.4, 0.5) is 0 Å². The number of rotatable bonds is 7. The summed E-state index contributed by atoms with van der Waals surface area (Å²) in [5.41, 5.74) is 1.50. The lowest BCUT2D eigenvalue weighted by atomic mass is 10.0. The number of benzene rings is 1. The van der Waals surface area contributed by atoms with Gasteiger partial charge in [0.25, 0.3) is 0 Å². The maximum atomic E-state index is 3.72. The molecule has 0 radical (unpaired) electrons. The van der Waals surface area contributed by atoms with Gasteiger partial charge in [0.2, 0.25) is 0 Å². The van der Waals surface area contributed by atoms with Crippen LogP contribution in [0.1, 0.15) is 18.4 Å². The third-order valence-electron chi connectivity index (χ3n) is 3.54. The first-order valence-electron chi connectivity index (χ1n) is 7.30. The first-order chi connectivity index (χ1) is 8.53. The van der Waals surface area contributed by atoms with Crippen molar-refractivity contribution in [3.8, 4) is 0 Å². The zero-order valence-corrected chi connectivity index (χ0v) is 13.1. The second kappa shape index (κ2) is 6.03. The Hall–Kier alpha value is -0.603. The number of hydrogen-bond acceptors (Lipinski definition) is 1. The molecule has 1 aromatic rings. The quantitative estimate of drug-likeness (QED) is 0.733. The van der Waals surface area contributed by atoms with Crippen molar-refractivity contribution < 1.29 is 0 Å². The van der Waals surface area contributed by atoms with Crippen LogP contribution in [-0.4, -0.2) is 20.7 Å². The summed E-state index contributed by atoms with van der Waals surface area (Å²) >= 11 is 0. The highest BCUT2D eigenvalue weighted by molar-refractivity contribution is 6.76. The summed E-state index contributed by atoms with van der Waals surface area (Å²) in [6.07, 6.45) is 4.03. The molecule has 0 bridgehead atoms. The van der Waals surface area contributed by atoms with Gasteiger partial charge in [-0.05, 0) is 37.3 Å². The van der Waals surface area contributed by atoms with E-state index in [4.69, 9.17) is 0 Å². The van der Waals surface area contributed by atoms with Crippen LogP contribution in [0.15, 0.2) is 30.3 Å². The summed E-state index contributed by atoms with van der Waals surface area (Å²) < 4.78 is 0. The topological polar surface area (TPSA) is 12.0 Å². The zero-order valence-electron chi connectivity index (χ0n) is 12.1. The normalized spacial score (nSPS) is 17.7. The van der Waals surface area contributed by atoms with Crippen LogP contribution in [0.5, 0.6) is 0 Å². The Morgan fingerprint density at radius 2 is 1.83 bits per heavy atom. The highest BCUT2D eigenvalue weighted by Gasteiger charge is 2.25. The molecule has 1 N–H and O–H groups in total. The molecule has 2 rings (SSSR count). The predicted molar refractivity (Wildman–Crippen MR) is 82.8 cm³/mol. The highest BCUT2D eigenvalue weighted by atomic mass is 28.3. The molecular weight excluding hydrogens is 234 g/mol. The second-order valence-electron chi connectivity index (χ2n) is 7.00. The van der Waals surface area contributed by atoms with Crippen LogP contribution in [0, 0.1) is 5.92 Å². The molecule has 1 aliphatic rings. The molecule has 0 amide bonds. The third kappa shape index (κ3) is 5.36. The molecule has 0 heterocycles. The van der Waals surface area contributed by atoms with Crippen molar-refractivity contribution >= 4 is 8.07 Å². The Morgan fingerprint density at radius 3 is 2.39 bits per heavy atom. The minimum atomic E-state index is -0.966. The minimum absolute atomic E-state index is 0.819. The number of nitrogens with one attached hydrogen (secondary N) is 1. The van der Waals surface area contributed by atoms with E-state index in [2.05, 4.69) is 55.3 Å². The van der Waals surface area contributed by atoms with E-state index in [-0.39, 0.29) is 0 Å². The van der Waals surface area contributed by atoms with E-state index in [1.165, 1.54) is 37.4 Å². The van der Waals surface area contributed by atoms with Gasteiger partial charge in [-0.1, -0.05) is 56.0 Å². The Morgan fingerprint density at radius 1 is 1.17 bits per heavy atom. The van der Waals surface area contributed by atoms with Gasteiger partial charge >= 0.3 is 0 Å². The summed E-state index contributed by atoms with van der Waals surface area (Å²) in [5, 5.41) is 3.72.